The van der Waals surface area contributed by atoms with Gasteiger partial charge >= 0.3 is 0 Å². The van der Waals surface area contributed by atoms with Crippen molar-refractivity contribution >= 4 is 34.8 Å². The molecule has 24 heavy (non-hydrogen) atoms. The lowest BCUT2D eigenvalue weighted by Crippen LogP contribution is -2.32. The van der Waals surface area contributed by atoms with Crippen LogP contribution in [0.2, 0.25) is 5.02 Å². The van der Waals surface area contributed by atoms with Crippen molar-refractivity contribution in [1.82, 2.24) is 0 Å². The maximum absolute atomic E-state index is 12.2. The summed E-state index contributed by atoms with van der Waals surface area (Å²) < 4.78 is 0. The first-order valence-corrected chi connectivity index (χ1v) is 8.16. The highest BCUT2D eigenvalue weighted by Gasteiger charge is 2.15. The number of nitrogens with zero attached hydrogens (tertiary/aromatic N) is 1. The maximum Gasteiger partial charge on any atom is 0.226 e. The summed E-state index contributed by atoms with van der Waals surface area (Å²) in [5.41, 5.74) is 3.46. The fraction of sp³-hybridized carbons (Fsp3) is 0.263. The first kappa shape index (κ1) is 18.0. The molecule has 0 aliphatic heterocycles. The zero-order valence-corrected chi connectivity index (χ0v) is 14.9. The van der Waals surface area contributed by atoms with Gasteiger partial charge in [0.05, 0.1) is 0 Å². The van der Waals surface area contributed by atoms with Crippen molar-refractivity contribution in [1.29, 1.82) is 0 Å². The summed E-state index contributed by atoms with van der Waals surface area (Å²) in [4.78, 5) is 25.8. The SMILES string of the molecule is CC(=O)N(CCC(=O)Nc1cc(Cl)ccc1C)c1ccccc1C. The molecule has 0 bridgehead atoms. The number of rotatable bonds is 5. The summed E-state index contributed by atoms with van der Waals surface area (Å²) in [6.45, 7) is 5.68. The summed E-state index contributed by atoms with van der Waals surface area (Å²) in [6.07, 6.45) is 0.208. The summed E-state index contributed by atoms with van der Waals surface area (Å²) >= 11 is 5.96. The third kappa shape index (κ3) is 4.59. The first-order valence-electron chi connectivity index (χ1n) is 7.78. The van der Waals surface area contributed by atoms with E-state index in [0.29, 0.717) is 17.3 Å². The third-order valence-electron chi connectivity index (χ3n) is 3.82. The number of carbonyl (C=O) groups excluding carboxylic acids is 2. The molecule has 2 amide bonds. The minimum atomic E-state index is -0.153. The molecule has 1 N–H and O–H groups in total. The maximum atomic E-state index is 12.2. The highest BCUT2D eigenvalue weighted by molar-refractivity contribution is 6.31. The minimum absolute atomic E-state index is 0.0870. The lowest BCUT2D eigenvalue weighted by atomic mass is 10.1. The van der Waals surface area contributed by atoms with Crippen LogP contribution in [0.25, 0.3) is 0 Å². The Bertz CT molecular complexity index is 759. The Balaban J connectivity index is 2.04. The molecule has 0 heterocycles. The molecule has 2 aromatic carbocycles. The zero-order chi connectivity index (χ0) is 17.7. The average Bonchev–Trinajstić information content (AvgIpc) is 2.52. The topological polar surface area (TPSA) is 49.4 Å². The summed E-state index contributed by atoms with van der Waals surface area (Å²) in [7, 11) is 0. The molecule has 5 heteroatoms. The van der Waals surface area contributed by atoms with Crippen LogP contribution in [-0.4, -0.2) is 18.4 Å². The molecule has 4 nitrogen and oxygen atoms in total. The van der Waals surface area contributed by atoms with E-state index in [1.54, 1.807) is 17.0 Å². The standard InChI is InChI=1S/C19H21ClN2O2/c1-13-8-9-16(20)12-17(13)21-19(24)10-11-22(15(3)23)18-7-5-4-6-14(18)2/h4-9,12H,10-11H2,1-3H3,(H,21,24). The second-order valence-electron chi connectivity index (χ2n) is 5.71. The van der Waals surface area contributed by atoms with Gasteiger partial charge in [0.25, 0.3) is 0 Å². The van der Waals surface area contributed by atoms with Gasteiger partial charge in [-0.3, -0.25) is 9.59 Å². The van der Waals surface area contributed by atoms with Crippen molar-refractivity contribution in [2.45, 2.75) is 27.2 Å². The average molecular weight is 345 g/mol. The van der Waals surface area contributed by atoms with Crippen LogP contribution in [0.1, 0.15) is 24.5 Å². The van der Waals surface area contributed by atoms with Crippen molar-refractivity contribution in [2.75, 3.05) is 16.8 Å². The van der Waals surface area contributed by atoms with Gasteiger partial charge in [-0.15, -0.1) is 0 Å². The molecule has 0 aromatic heterocycles. The molecule has 0 atom stereocenters. The number of hydrogen-bond acceptors (Lipinski definition) is 2. The molecule has 0 fully saturated rings. The van der Waals surface area contributed by atoms with Gasteiger partial charge in [-0.25, -0.2) is 0 Å². The second kappa shape index (κ2) is 7.97. The van der Waals surface area contributed by atoms with Crippen LogP contribution >= 0.6 is 11.6 Å². The van der Waals surface area contributed by atoms with Crippen molar-refractivity contribution in [3.63, 3.8) is 0 Å². The number of hydrogen-bond donors (Lipinski definition) is 1. The highest BCUT2D eigenvalue weighted by atomic mass is 35.5. The van der Waals surface area contributed by atoms with Crippen LogP contribution in [0.5, 0.6) is 0 Å². The molecule has 0 aliphatic carbocycles. The van der Waals surface area contributed by atoms with E-state index < -0.39 is 0 Å². The first-order chi connectivity index (χ1) is 11.4. The number of benzene rings is 2. The second-order valence-corrected chi connectivity index (χ2v) is 6.15. The Morgan fingerprint density at radius 2 is 1.79 bits per heavy atom. The number of halogens is 1. The summed E-state index contributed by atoms with van der Waals surface area (Å²) in [5, 5.41) is 3.42. The fourth-order valence-electron chi connectivity index (χ4n) is 2.47. The van der Waals surface area contributed by atoms with Gasteiger partial charge in [0.15, 0.2) is 0 Å². The Morgan fingerprint density at radius 1 is 1.08 bits per heavy atom. The molecular formula is C19H21ClN2O2. The lowest BCUT2D eigenvalue weighted by molar-refractivity contribution is -0.117. The fourth-order valence-corrected chi connectivity index (χ4v) is 2.64. The van der Waals surface area contributed by atoms with Gasteiger partial charge in [-0.05, 0) is 43.2 Å². The molecule has 2 aromatic rings. The van der Waals surface area contributed by atoms with E-state index in [-0.39, 0.29) is 18.2 Å². The van der Waals surface area contributed by atoms with Gasteiger partial charge < -0.3 is 10.2 Å². The number of anilines is 2. The number of amides is 2. The van der Waals surface area contributed by atoms with E-state index in [1.807, 2.05) is 44.2 Å². The normalized spacial score (nSPS) is 10.3. The van der Waals surface area contributed by atoms with Crippen LogP contribution in [-0.2, 0) is 9.59 Å². The molecule has 0 aliphatic rings. The van der Waals surface area contributed by atoms with Gasteiger partial charge in [-0.2, -0.15) is 0 Å². The van der Waals surface area contributed by atoms with E-state index in [9.17, 15) is 9.59 Å². The summed E-state index contributed by atoms with van der Waals surface area (Å²) in [5.74, 6) is -0.240. The van der Waals surface area contributed by atoms with E-state index in [2.05, 4.69) is 5.32 Å². The quantitative estimate of drug-likeness (QED) is 0.877. The number of nitrogens with one attached hydrogen (secondary N) is 1. The molecule has 0 saturated carbocycles. The molecule has 2 rings (SSSR count). The van der Waals surface area contributed by atoms with Crippen LogP contribution in [0.3, 0.4) is 0 Å². The molecule has 0 unspecified atom stereocenters. The lowest BCUT2D eigenvalue weighted by Gasteiger charge is -2.23. The predicted octanol–water partition coefficient (Wildman–Crippen LogP) is 4.34. The van der Waals surface area contributed by atoms with E-state index in [4.69, 9.17) is 11.6 Å². The predicted molar refractivity (Wildman–Crippen MR) is 98.6 cm³/mol. The number of aryl methyl sites for hydroxylation is 2. The highest BCUT2D eigenvalue weighted by Crippen LogP contribution is 2.22. The van der Waals surface area contributed by atoms with Gasteiger partial charge in [0.1, 0.15) is 0 Å². The third-order valence-corrected chi connectivity index (χ3v) is 4.06. The smallest absolute Gasteiger partial charge is 0.226 e. The molecule has 0 spiro atoms. The van der Waals surface area contributed by atoms with Crippen LogP contribution in [0.15, 0.2) is 42.5 Å². The molecule has 126 valence electrons. The van der Waals surface area contributed by atoms with Crippen molar-refractivity contribution in [3.8, 4) is 0 Å². The Morgan fingerprint density at radius 3 is 2.46 bits per heavy atom. The number of carbonyl (C=O) groups is 2. The Kier molecular flexibility index (Phi) is 5.99. The largest absolute Gasteiger partial charge is 0.326 e. The minimum Gasteiger partial charge on any atom is -0.326 e. The van der Waals surface area contributed by atoms with Crippen molar-refractivity contribution in [2.24, 2.45) is 0 Å². The Hall–Kier alpha value is -2.33. The monoisotopic (exact) mass is 344 g/mol. The molecular weight excluding hydrogens is 324 g/mol. The van der Waals surface area contributed by atoms with E-state index in [0.717, 1.165) is 16.8 Å². The molecule has 0 saturated heterocycles. The van der Waals surface area contributed by atoms with Gasteiger partial charge in [0, 0.05) is 36.3 Å². The Labute approximate surface area is 147 Å². The summed E-state index contributed by atoms with van der Waals surface area (Å²) in [6, 6.07) is 13.0. The van der Waals surface area contributed by atoms with Crippen LogP contribution in [0.4, 0.5) is 11.4 Å². The van der Waals surface area contributed by atoms with Gasteiger partial charge in [0.2, 0.25) is 11.8 Å². The number of para-hydroxylation sites is 1. The molecule has 0 radical (unpaired) electrons. The van der Waals surface area contributed by atoms with Gasteiger partial charge in [-0.1, -0.05) is 35.9 Å². The van der Waals surface area contributed by atoms with Crippen molar-refractivity contribution < 1.29 is 9.59 Å². The van der Waals surface area contributed by atoms with E-state index >= 15 is 0 Å². The van der Waals surface area contributed by atoms with Crippen molar-refractivity contribution in [3.05, 3.63) is 58.6 Å². The van der Waals surface area contributed by atoms with Crippen LogP contribution in [0, 0.1) is 13.8 Å². The van der Waals surface area contributed by atoms with Crippen LogP contribution < -0.4 is 10.2 Å². The van der Waals surface area contributed by atoms with E-state index in [1.165, 1.54) is 6.92 Å². The zero-order valence-electron chi connectivity index (χ0n) is 14.1.